The average molecular weight is 335 g/mol. The van der Waals surface area contributed by atoms with Crippen molar-refractivity contribution in [3.63, 3.8) is 0 Å². The molecule has 1 atom stereocenters. The normalized spacial score (nSPS) is 16.8. The lowest BCUT2D eigenvalue weighted by atomic mass is 10.0. The highest BCUT2D eigenvalue weighted by atomic mass is 35.5. The topological polar surface area (TPSA) is 59.0 Å². The monoisotopic (exact) mass is 334 g/mol. The van der Waals surface area contributed by atoms with Crippen LogP contribution in [0.1, 0.15) is 24.0 Å². The Kier molecular flexibility index (Phi) is 6.19. The minimum Gasteiger partial charge on any atom is -0.352 e. The maximum atomic E-state index is 11.9. The zero-order chi connectivity index (χ0) is 15.4. The molecule has 1 aliphatic heterocycles. The van der Waals surface area contributed by atoms with Crippen LogP contribution in [0.15, 0.2) is 36.7 Å². The Morgan fingerprint density at radius 2 is 2.35 bits per heavy atom. The first-order valence-corrected chi connectivity index (χ1v) is 7.79. The molecule has 0 saturated carbocycles. The Labute approximate surface area is 142 Å². The number of hydrogen-bond acceptors (Lipinski definition) is 3. The molecular formula is C17H23ClN4O. The Bertz CT molecular complexity index is 650. The summed E-state index contributed by atoms with van der Waals surface area (Å²) in [4.78, 5) is 11.9. The van der Waals surface area contributed by atoms with Gasteiger partial charge < -0.3 is 10.6 Å². The molecule has 2 aromatic rings. The summed E-state index contributed by atoms with van der Waals surface area (Å²) in [6.45, 7) is 4.58. The van der Waals surface area contributed by atoms with Crippen LogP contribution in [0, 0.1) is 12.8 Å². The van der Waals surface area contributed by atoms with Crippen molar-refractivity contribution >= 4 is 18.3 Å². The third-order valence-corrected chi connectivity index (χ3v) is 4.03. The molecule has 0 bridgehead atoms. The molecule has 3 rings (SSSR count). The summed E-state index contributed by atoms with van der Waals surface area (Å²) in [5, 5.41) is 10.6. The van der Waals surface area contributed by atoms with Crippen LogP contribution >= 0.6 is 12.4 Å². The Balaban J connectivity index is 0.00000192. The summed E-state index contributed by atoms with van der Waals surface area (Å²) in [6, 6.07) is 8.19. The van der Waals surface area contributed by atoms with Crippen molar-refractivity contribution in [2.75, 3.05) is 13.1 Å². The molecule has 1 aromatic heterocycles. The van der Waals surface area contributed by atoms with Crippen LogP contribution in [-0.4, -0.2) is 28.8 Å². The molecule has 2 N–H and O–H groups in total. The Hall–Kier alpha value is -1.85. The van der Waals surface area contributed by atoms with Crippen molar-refractivity contribution in [3.8, 4) is 5.69 Å². The lowest BCUT2D eigenvalue weighted by Crippen LogP contribution is -2.25. The van der Waals surface area contributed by atoms with E-state index in [9.17, 15) is 4.79 Å². The van der Waals surface area contributed by atoms with E-state index in [1.807, 2.05) is 23.0 Å². The van der Waals surface area contributed by atoms with Crippen LogP contribution in [0.25, 0.3) is 5.69 Å². The fourth-order valence-electron chi connectivity index (χ4n) is 2.79. The van der Waals surface area contributed by atoms with Gasteiger partial charge in [-0.05, 0) is 50.0 Å². The second-order valence-electron chi connectivity index (χ2n) is 5.97. The van der Waals surface area contributed by atoms with E-state index < -0.39 is 0 Å². The molecule has 124 valence electrons. The second-order valence-corrected chi connectivity index (χ2v) is 5.97. The molecule has 0 radical (unpaired) electrons. The van der Waals surface area contributed by atoms with Crippen molar-refractivity contribution in [1.82, 2.24) is 20.4 Å². The number of rotatable bonds is 5. The number of aromatic nitrogens is 2. The second kappa shape index (κ2) is 8.13. The van der Waals surface area contributed by atoms with Crippen LogP contribution in [0.4, 0.5) is 0 Å². The maximum Gasteiger partial charge on any atom is 0.220 e. The molecule has 0 aliphatic carbocycles. The minimum atomic E-state index is 0. The van der Waals surface area contributed by atoms with Gasteiger partial charge in [0.05, 0.1) is 11.9 Å². The number of halogens is 1. The summed E-state index contributed by atoms with van der Waals surface area (Å²) in [7, 11) is 0. The summed E-state index contributed by atoms with van der Waals surface area (Å²) in [5.74, 6) is 0.604. The van der Waals surface area contributed by atoms with Crippen LogP contribution in [0.3, 0.4) is 0 Å². The SMILES string of the molecule is Cc1cccc(-n2cc(CNC(=O)CC3CCNC3)cn2)c1.Cl. The van der Waals surface area contributed by atoms with E-state index in [0.29, 0.717) is 18.9 Å². The Morgan fingerprint density at radius 1 is 1.48 bits per heavy atom. The van der Waals surface area contributed by atoms with Gasteiger partial charge in [-0.1, -0.05) is 12.1 Å². The molecule has 1 aliphatic rings. The van der Waals surface area contributed by atoms with E-state index in [1.54, 1.807) is 6.20 Å². The lowest BCUT2D eigenvalue weighted by Gasteiger charge is -2.08. The number of carbonyl (C=O) groups is 1. The summed E-state index contributed by atoms with van der Waals surface area (Å²) in [6.07, 6.45) is 5.48. The van der Waals surface area contributed by atoms with Gasteiger partial charge in [-0.3, -0.25) is 4.79 Å². The van der Waals surface area contributed by atoms with Crippen LogP contribution in [0.2, 0.25) is 0 Å². The Morgan fingerprint density at radius 3 is 3.09 bits per heavy atom. The van der Waals surface area contributed by atoms with E-state index in [-0.39, 0.29) is 18.3 Å². The van der Waals surface area contributed by atoms with E-state index in [0.717, 1.165) is 30.8 Å². The number of amides is 1. The van der Waals surface area contributed by atoms with Crippen molar-refractivity contribution in [2.45, 2.75) is 26.3 Å². The number of carbonyl (C=O) groups excluding carboxylic acids is 1. The molecule has 1 aromatic carbocycles. The molecule has 23 heavy (non-hydrogen) atoms. The fourth-order valence-corrected chi connectivity index (χ4v) is 2.79. The first-order valence-electron chi connectivity index (χ1n) is 7.79. The predicted molar refractivity (Wildman–Crippen MR) is 93.0 cm³/mol. The number of hydrogen-bond donors (Lipinski definition) is 2. The first-order chi connectivity index (χ1) is 10.7. The van der Waals surface area contributed by atoms with E-state index in [2.05, 4.69) is 34.8 Å². The van der Waals surface area contributed by atoms with Gasteiger partial charge >= 0.3 is 0 Å². The van der Waals surface area contributed by atoms with Gasteiger partial charge in [0.2, 0.25) is 5.91 Å². The van der Waals surface area contributed by atoms with E-state index in [4.69, 9.17) is 0 Å². The highest BCUT2D eigenvalue weighted by molar-refractivity contribution is 5.85. The molecule has 5 nitrogen and oxygen atoms in total. The molecule has 1 amide bonds. The minimum absolute atomic E-state index is 0. The molecule has 1 saturated heterocycles. The van der Waals surface area contributed by atoms with Crippen LogP contribution in [-0.2, 0) is 11.3 Å². The van der Waals surface area contributed by atoms with Gasteiger partial charge in [-0.15, -0.1) is 12.4 Å². The molecule has 1 unspecified atom stereocenters. The maximum absolute atomic E-state index is 11.9. The van der Waals surface area contributed by atoms with Gasteiger partial charge in [0.1, 0.15) is 0 Å². The molecule has 1 fully saturated rings. The number of aryl methyl sites for hydroxylation is 1. The van der Waals surface area contributed by atoms with Gasteiger partial charge in [0.25, 0.3) is 0 Å². The third kappa shape index (κ3) is 4.81. The van der Waals surface area contributed by atoms with Gasteiger partial charge in [-0.25, -0.2) is 4.68 Å². The van der Waals surface area contributed by atoms with Gasteiger partial charge in [0, 0.05) is 24.7 Å². The smallest absolute Gasteiger partial charge is 0.220 e. The fraction of sp³-hybridized carbons (Fsp3) is 0.412. The van der Waals surface area contributed by atoms with E-state index >= 15 is 0 Å². The van der Waals surface area contributed by atoms with Gasteiger partial charge in [0.15, 0.2) is 0 Å². The van der Waals surface area contributed by atoms with Crippen molar-refractivity contribution < 1.29 is 4.79 Å². The third-order valence-electron chi connectivity index (χ3n) is 4.03. The summed E-state index contributed by atoms with van der Waals surface area (Å²) >= 11 is 0. The van der Waals surface area contributed by atoms with Crippen molar-refractivity contribution in [1.29, 1.82) is 0 Å². The van der Waals surface area contributed by atoms with Crippen LogP contribution < -0.4 is 10.6 Å². The largest absolute Gasteiger partial charge is 0.352 e. The average Bonchev–Trinajstić information content (AvgIpc) is 3.16. The first kappa shape index (κ1) is 17.5. The zero-order valence-electron chi connectivity index (χ0n) is 13.3. The summed E-state index contributed by atoms with van der Waals surface area (Å²) < 4.78 is 1.84. The van der Waals surface area contributed by atoms with Crippen LogP contribution in [0.5, 0.6) is 0 Å². The summed E-state index contributed by atoms with van der Waals surface area (Å²) in [5.41, 5.74) is 3.25. The number of benzene rings is 1. The van der Waals surface area contributed by atoms with Crippen molar-refractivity contribution in [3.05, 3.63) is 47.8 Å². The van der Waals surface area contributed by atoms with Gasteiger partial charge in [-0.2, -0.15) is 5.10 Å². The quantitative estimate of drug-likeness (QED) is 0.881. The highest BCUT2D eigenvalue weighted by Crippen LogP contribution is 2.12. The number of nitrogens with one attached hydrogen (secondary N) is 2. The molecule has 2 heterocycles. The highest BCUT2D eigenvalue weighted by Gasteiger charge is 2.17. The van der Waals surface area contributed by atoms with E-state index in [1.165, 1.54) is 5.56 Å². The number of nitrogens with zero attached hydrogens (tertiary/aromatic N) is 2. The lowest BCUT2D eigenvalue weighted by molar-refractivity contribution is -0.122. The molecule has 6 heteroatoms. The standard InChI is InChI=1S/C17H22N4O.ClH/c1-13-3-2-4-16(7-13)21-12-15(11-20-21)10-19-17(22)8-14-5-6-18-9-14;/h2-4,7,11-12,14,18H,5-6,8-10H2,1H3,(H,19,22);1H. The van der Waals surface area contributed by atoms with Crippen molar-refractivity contribution in [2.24, 2.45) is 5.92 Å². The predicted octanol–water partition coefficient (Wildman–Crippen LogP) is 2.22. The molecule has 0 spiro atoms. The zero-order valence-corrected chi connectivity index (χ0v) is 14.1. The molecular weight excluding hydrogens is 312 g/mol.